The molecule has 0 aromatic carbocycles. The molecule has 1 saturated heterocycles. The quantitative estimate of drug-likeness (QED) is 0.621. The number of urea groups is 1. The molecule has 1 heterocycles. The summed E-state index contributed by atoms with van der Waals surface area (Å²) >= 11 is 0. The molecule has 8 heteroatoms. The number of carboxylic acids is 1. The molecular weight excluding hydrogens is 254 g/mol. The summed E-state index contributed by atoms with van der Waals surface area (Å²) in [6.45, 7) is 2.28. The van der Waals surface area contributed by atoms with Crippen molar-refractivity contribution in [3.8, 4) is 0 Å². The predicted octanol–water partition coefficient (Wildman–Crippen LogP) is -1.04. The number of carboxylic acid groups (broad SMARTS) is 1. The highest BCUT2D eigenvalue weighted by atomic mass is 16.5. The van der Waals surface area contributed by atoms with Crippen LogP contribution in [0.1, 0.15) is 6.42 Å². The molecule has 1 aliphatic heterocycles. The average Bonchev–Trinajstić information content (AvgIpc) is 2.38. The number of nitrogens with zero attached hydrogens (tertiary/aromatic N) is 2. The molecule has 0 unspecified atom stereocenters. The van der Waals surface area contributed by atoms with Gasteiger partial charge in [0, 0.05) is 32.7 Å². The van der Waals surface area contributed by atoms with E-state index in [1.165, 1.54) is 7.11 Å². The fraction of sp³-hybridized carbons (Fsp3) is 0.727. The number of carbonyl (C=O) groups excluding carboxylic acids is 2. The van der Waals surface area contributed by atoms with E-state index in [4.69, 9.17) is 5.11 Å². The summed E-state index contributed by atoms with van der Waals surface area (Å²) in [5.41, 5.74) is 0. The van der Waals surface area contributed by atoms with Crippen LogP contribution in [0.4, 0.5) is 4.79 Å². The van der Waals surface area contributed by atoms with Gasteiger partial charge in [-0.1, -0.05) is 0 Å². The first kappa shape index (κ1) is 15.2. The normalized spacial score (nSPS) is 15.9. The number of esters is 1. The van der Waals surface area contributed by atoms with Crippen LogP contribution in [0.15, 0.2) is 0 Å². The van der Waals surface area contributed by atoms with Gasteiger partial charge in [-0.15, -0.1) is 0 Å². The minimum Gasteiger partial charge on any atom is -0.480 e. The van der Waals surface area contributed by atoms with Crippen molar-refractivity contribution in [1.29, 1.82) is 0 Å². The maximum Gasteiger partial charge on any atom is 0.317 e. The van der Waals surface area contributed by atoms with Gasteiger partial charge in [0.2, 0.25) is 0 Å². The summed E-state index contributed by atoms with van der Waals surface area (Å²) in [5, 5.41) is 11.3. The van der Waals surface area contributed by atoms with E-state index in [1.807, 2.05) is 0 Å². The second kappa shape index (κ2) is 7.57. The number of piperazine rings is 1. The third-order valence-electron chi connectivity index (χ3n) is 2.85. The van der Waals surface area contributed by atoms with Gasteiger partial charge in [-0.3, -0.25) is 14.5 Å². The van der Waals surface area contributed by atoms with Crippen LogP contribution in [0.5, 0.6) is 0 Å². The van der Waals surface area contributed by atoms with Gasteiger partial charge in [-0.25, -0.2) is 4.79 Å². The second-order valence-corrected chi connectivity index (χ2v) is 4.21. The van der Waals surface area contributed by atoms with Crippen molar-refractivity contribution < 1.29 is 24.2 Å². The van der Waals surface area contributed by atoms with Gasteiger partial charge < -0.3 is 20.1 Å². The van der Waals surface area contributed by atoms with Crippen molar-refractivity contribution in [3.05, 3.63) is 0 Å². The fourth-order valence-electron chi connectivity index (χ4n) is 1.79. The number of methoxy groups -OCH3 is 1. The Hall–Kier alpha value is -1.83. The first-order valence-electron chi connectivity index (χ1n) is 6.06. The smallest absolute Gasteiger partial charge is 0.317 e. The predicted molar refractivity (Wildman–Crippen MR) is 65.7 cm³/mol. The summed E-state index contributed by atoms with van der Waals surface area (Å²) in [6, 6.07) is -0.237. The third kappa shape index (κ3) is 5.56. The van der Waals surface area contributed by atoms with E-state index in [2.05, 4.69) is 10.1 Å². The Balaban J connectivity index is 2.21. The van der Waals surface area contributed by atoms with Crippen LogP contribution < -0.4 is 5.32 Å². The average molecular weight is 273 g/mol. The van der Waals surface area contributed by atoms with Gasteiger partial charge in [0.15, 0.2) is 0 Å². The van der Waals surface area contributed by atoms with Crippen molar-refractivity contribution in [2.75, 3.05) is 46.4 Å². The lowest BCUT2D eigenvalue weighted by Gasteiger charge is -2.33. The Kier molecular flexibility index (Phi) is 6.07. The van der Waals surface area contributed by atoms with E-state index in [9.17, 15) is 14.4 Å². The molecule has 8 nitrogen and oxygen atoms in total. The summed E-state index contributed by atoms with van der Waals surface area (Å²) in [5.74, 6) is -1.23. The van der Waals surface area contributed by atoms with Crippen LogP contribution in [0.3, 0.4) is 0 Å². The van der Waals surface area contributed by atoms with E-state index < -0.39 is 5.97 Å². The van der Waals surface area contributed by atoms with Crippen LogP contribution in [-0.4, -0.2) is 79.3 Å². The van der Waals surface area contributed by atoms with Crippen molar-refractivity contribution in [3.63, 3.8) is 0 Å². The first-order valence-corrected chi connectivity index (χ1v) is 6.06. The van der Waals surface area contributed by atoms with Gasteiger partial charge >= 0.3 is 18.0 Å². The van der Waals surface area contributed by atoms with E-state index in [0.717, 1.165) is 0 Å². The van der Waals surface area contributed by atoms with E-state index >= 15 is 0 Å². The zero-order chi connectivity index (χ0) is 14.3. The SMILES string of the molecule is COC(=O)CCNC(=O)N1CCN(CC(=O)O)CC1. The number of amides is 2. The lowest BCUT2D eigenvalue weighted by molar-refractivity contribution is -0.140. The molecule has 1 aliphatic rings. The van der Waals surface area contributed by atoms with Crippen LogP contribution in [0.25, 0.3) is 0 Å². The minimum atomic E-state index is -0.865. The second-order valence-electron chi connectivity index (χ2n) is 4.21. The standard InChI is InChI=1S/C11H19N3O5/c1-19-10(17)2-3-12-11(18)14-6-4-13(5-7-14)8-9(15)16/h2-8H2,1H3,(H,12,18)(H,15,16). The maximum atomic E-state index is 11.7. The summed E-state index contributed by atoms with van der Waals surface area (Å²) in [6.07, 6.45) is 0.140. The Morgan fingerprint density at radius 1 is 1.21 bits per heavy atom. The molecule has 1 fully saturated rings. The molecule has 2 amide bonds. The lowest BCUT2D eigenvalue weighted by atomic mass is 10.3. The summed E-state index contributed by atoms with van der Waals surface area (Å²) in [4.78, 5) is 36.5. The zero-order valence-electron chi connectivity index (χ0n) is 10.9. The highest BCUT2D eigenvalue weighted by Crippen LogP contribution is 2.01. The third-order valence-corrected chi connectivity index (χ3v) is 2.85. The van der Waals surface area contributed by atoms with Crippen LogP contribution in [0.2, 0.25) is 0 Å². The largest absolute Gasteiger partial charge is 0.480 e. The molecular formula is C11H19N3O5. The van der Waals surface area contributed by atoms with Gasteiger partial charge in [-0.05, 0) is 0 Å². The van der Waals surface area contributed by atoms with Gasteiger partial charge in [-0.2, -0.15) is 0 Å². The van der Waals surface area contributed by atoms with Crippen LogP contribution in [-0.2, 0) is 14.3 Å². The Morgan fingerprint density at radius 3 is 2.37 bits per heavy atom. The van der Waals surface area contributed by atoms with E-state index in [1.54, 1.807) is 9.80 Å². The monoisotopic (exact) mass is 273 g/mol. The fourth-order valence-corrected chi connectivity index (χ4v) is 1.79. The minimum absolute atomic E-state index is 0.00218. The number of rotatable bonds is 5. The van der Waals surface area contributed by atoms with E-state index in [0.29, 0.717) is 26.2 Å². The Bertz CT molecular complexity index is 339. The number of hydrogen-bond donors (Lipinski definition) is 2. The number of carbonyl (C=O) groups is 3. The van der Waals surface area contributed by atoms with Crippen molar-refractivity contribution in [1.82, 2.24) is 15.1 Å². The number of aliphatic carboxylic acids is 1. The molecule has 0 bridgehead atoms. The Labute approximate surface area is 111 Å². The number of hydrogen-bond acceptors (Lipinski definition) is 5. The van der Waals surface area contributed by atoms with Crippen molar-refractivity contribution >= 4 is 18.0 Å². The molecule has 19 heavy (non-hydrogen) atoms. The topological polar surface area (TPSA) is 99.2 Å². The summed E-state index contributed by atoms with van der Waals surface area (Å²) < 4.78 is 4.46. The number of nitrogens with one attached hydrogen (secondary N) is 1. The molecule has 0 atom stereocenters. The molecule has 0 saturated carbocycles. The van der Waals surface area contributed by atoms with Gasteiger partial charge in [0.05, 0.1) is 20.1 Å². The first-order chi connectivity index (χ1) is 9.02. The highest BCUT2D eigenvalue weighted by molar-refractivity contribution is 5.75. The van der Waals surface area contributed by atoms with Crippen molar-refractivity contribution in [2.45, 2.75) is 6.42 Å². The molecule has 108 valence electrons. The molecule has 1 rings (SSSR count). The maximum absolute atomic E-state index is 11.7. The van der Waals surface area contributed by atoms with Crippen LogP contribution >= 0.6 is 0 Å². The Morgan fingerprint density at radius 2 is 1.84 bits per heavy atom. The summed E-state index contributed by atoms with van der Waals surface area (Å²) in [7, 11) is 1.30. The number of ether oxygens (including phenoxy) is 1. The van der Waals surface area contributed by atoms with Gasteiger partial charge in [0.25, 0.3) is 0 Å². The van der Waals surface area contributed by atoms with Gasteiger partial charge in [0.1, 0.15) is 0 Å². The van der Waals surface area contributed by atoms with Crippen LogP contribution in [0, 0.1) is 0 Å². The van der Waals surface area contributed by atoms with Crippen molar-refractivity contribution in [2.24, 2.45) is 0 Å². The molecule has 2 N–H and O–H groups in total. The molecule has 0 aliphatic carbocycles. The lowest BCUT2D eigenvalue weighted by Crippen LogP contribution is -2.52. The molecule has 0 aromatic heterocycles. The van der Waals surface area contributed by atoms with E-state index in [-0.39, 0.29) is 31.5 Å². The molecule has 0 radical (unpaired) electrons. The zero-order valence-corrected chi connectivity index (χ0v) is 10.9. The molecule has 0 spiro atoms. The highest BCUT2D eigenvalue weighted by Gasteiger charge is 2.21. The molecule has 0 aromatic rings.